The van der Waals surface area contributed by atoms with Gasteiger partial charge in [0.15, 0.2) is 6.61 Å². The first-order chi connectivity index (χ1) is 13.7. The molecule has 0 radical (unpaired) electrons. The van der Waals surface area contributed by atoms with Crippen molar-refractivity contribution in [1.29, 1.82) is 0 Å². The first kappa shape index (κ1) is 18.5. The van der Waals surface area contributed by atoms with E-state index in [2.05, 4.69) is 20.3 Å². The van der Waals surface area contributed by atoms with Gasteiger partial charge < -0.3 is 13.7 Å². The number of nitrogens with zero attached hydrogens (tertiary/aromatic N) is 4. The minimum absolute atomic E-state index is 0.174. The van der Waals surface area contributed by atoms with Crippen LogP contribution in [-0.4, -0.2) is 20.3 Å². The van der Waals surface area contributed by atoms with E-state index in [4.69, 9.17) is 25.3 Å². The van der Waals surface area contributed by atoms with Gasteiger partial charge in [-0.25, -0.2) is 0 Å². The number of rotatable bonds is 7. The van der Waals surface area contributed by atoms with Crippen molar-refractivity contribution < 1.29 is 13.7 Å². The maximum absolute atomic E-state index is 5.84. The molecule has 7 nitrogen and oxygen atoms in total. The average molecular weight is 415 g/mol. The highest BCUT2D eigenvalue weighted by Crippen LogP contribution is 2.23. The van der Waals surface area contributed by atoms with Crippen LogP contribution in [0.5, 0.6) is 5.75 Å². The summed E-state index contributed by atoms with van der Waals surface area (Å²) in [5, 5.41) is 13.0. The fourth-order valence-electron chi connectivity index (χ4n) is 2.29. The number of hydrogen-bond acceptors (Lipinski definition) is 8. The van der Waals surface area contributed by atoms with E-state index in [1.54, 1.807) is 24.3 Å². The molecule has 0 fully saturated rings. The normalized spacial score (nSPS) is 10.9. The summed E-state index contributed by atoms with van der Waals surface area (Å²) in [5.74, 6) is 2.52. The van der Waals surface area contributed by atoms with Gasteiger partial charge in [-0.2, -0.15) is 4.98 Å². The van der Waals surface area contributed by atoms with Crippen LogP contribution in [-0.2, 0) is 12.4 Å². The highest BCUT2D eigenvalue weighted by Gasteiger charge is 2.12. The molecule has 142 valence electrons. The van der Waals surface area contributed by atoms with E-state index in [1.165, 1.54) is 17.3 Å². The number of aromatic nitrogens is 4. The average Bonchev–Trinajstić information content (AvgIpc) is 3.36. The van der Waals surface area contributed by atoms with Crippen LogP contribution in [0, 0.1) is 6.92 Å². The Morgan fingerprint density at radius 2 is 1.79 bits per heavy atom. The van der Waals surface area contributed by atoms with Crippen LogP contribution in [0.15, 0.2) is 62.7 Å². The summed E-state index contributed by atoms with van der Waals surface area (Å²) in [5.41, 5.74) is 2.08. The molecule has 0 aliphatic carbocycles. The molecule has 0 bridgehead atoms. The molecule has 2 heterocycles. The number of halogens is 1. The molecule has 0 atom stereocenters. The summed E-state index contributed by atoms with van der Waals surface area (Å²) in [7, 11) is 0. The maximum Gasteiger partial charge on any atom is 0.277 e. The molecule has 0 saturated heterocycles. The monoisotopic (exact) mass is 414 g/mol. The van der Waals surface area contributed by atoms with Crippen LogP contribution in [0.25, 0.3) is 11.4 Å². The van der Waals surface area contributed by atoms with Gasteiger partial charge in [0, 0.05) is 10.6 Å². The standard InChI is InChI=1S/C19H15ClN4O3S/c1-12-2-4-13(5-3-12)18-21-17(27-24-18)11-28-19-23-22-16(26-19)10-25-15-8-6-14(20)7-9-15/h2-9H,10-11H2,1H3. The van der Waals surface area contributed by atoms with Crippen LogP contribution < -0.4 is 4.74 Å². The Kier molecular flexibility index (Phi) is 5.59. The molecular weight excluding hydrogens is 400 g/mol. The van der Waals surface area contributed by atoms with Crippen molar-refractivity contribution >= 4 is 23.4 Å². The summed E-state index contributed by atoms with van der Waals surface area (Å²) in [6.45, 7) is 2.20. The van der Waals surface area contributed by atoms with E-state index in [0.29, 0.717) is 39.4 Å². The zero-order valence-electron chi connectivity index (χ0n) is 14.8. The van der Waals surface area contributed by atoms with Crippen LogP contribution >= 0.6 is 23.4 Å². The minimum atomic E-state index is 0.174. The topological polar surface area (TPSA) is 87.1 Å². The molecular formula is C19H15ClN4O3S. The first-order valence-corrected chi connectivity index (χ1v) is 9.75. The lowest BCUT2D eigenvalue weighted by Gasteiger charge is -2.02. The molecule has 0 N–H and O–H groups in total. The van der Waals surface area contributed by atoms with Crippen molar-refractivity contribution in [2.24, 2.45) is 0 Å². The van der Waals surface area contributed by atoms with Crippen LogP contribution in [0.4, 0.5) is 0 Å². The molecule has 9 heteroatoms. The van der Waals surface area contributed by atoms with Crippen molar-refractivity contribution in [2.75, 3.05) is 0 Å². The van der Waals surface area contributed by atoms with Gasteiger partial charge in [0.2, 0.25) is 11.7 Å². The predicted octanol–water partition coefficient (Wildman–Crippen LogP) is 4.95. The predicted molar refractivity (Wildman–Crippen MR) is 104 cm³/mol. The zero-order valence-corrected chi connectivity index (χ0v) is 16.4. The van der Waals surface area contributed by atoms with Crippen molar-refractivity contribution in [2.45, 2.75) is 24.5 Å². The molecule has 0 unspecified atom stereocenters. The Morgan fingerprint density at radius 3 is 2.57 bits per heavy atom. The summed E-state index contributed by atoms with van der Waals surface area (Å²) in [4.78, 5) is 4.39. The molecule has 0 aliphatic heterocycles. The third-order valence-corrected chi connectivity index (χ3v) is 4.78. The number of benzene rings is 2. The van der Waals surface area contributed by atoms with E-state index in [-0.39, 0.29) is 6.61 Å². The van der Waals surface area contributed by atoms with E-state index in [1.807, 2.05) is 31.2 Å². The largest absolute Gasteiger partial charge is 0.484 e. The van der Waals surface area contributed by atoms with Crippen molar-refractivity contribution in [1.82, 2.24) is 20.3 Å². The van der Waals surface area contributed by atoms with Crippen LogP contribution in [0.1, 0.15) is 17.3 Å². The second-order valence-electron chi connectivity index (χ2n) is 5.87. The highest BCUT2D eigenvalue weighted by atomic mass is 35.5. The van der Waals surface area contributed by atoms with Gasteiger partial charge in [0.1, 0.15) is 5.75 Å². The van der Waals surface area contributed by atoms with Crippen molar-refractivity contribution in [3.8, 4) is 17.1 Å². The lowest BCUT2D eigenvalue weighted by Crippen LogP contribution is -1.95. The molecule has 0 amide bonds. The van der Waals surface area contributed by atoms with Gasteiger partial charge in [-0.15, -0.1) is 10.2 Å². The third kappa shape index (κ3) is 4.71. The Morgan fingerprint density at radius 1 is 1.00 bits per heavy atom. The molecule has 0 aliphatic rings. The lowest BCUT2D eigenvalue weighted by molar-refractivity contribution is 0.252. The Balaban J connectivity index is 1.31. The number of aryl methyl sites for hydroxylation is 1. The Labute approximate surface area is 170 Å². The summed E-state index contributed by atoms with van der Waals surface area (Å²) in [6, 6.07) is 15.0. The van der Waals surface area contributed by atoms with E-state index >= 15 is 0 Å². The Bertz CT molecular complexity index is 1050. The fourth-order valence-corrected chi connectivity index (χ4v) is 3.03. The molecule has 4 rings (SSSR count). The van der Waals surface area contributed by atoms with Gasteiger partial charge in [0.25, 0.3) is 11.1 Å². The molecule has 28 heavy (non-hydrogen) atoms. The first-order valence-electron chi connectivity index (χ1n) is 8.39. The smallest absolute Gasteiger partial charge is 0.277 e. The van der Waals surface area contributed by atoms with Gasteiger partial charge in [-0.1, -0.05) is 58.3 Å². The molecule has 2 aromatic carbocycles. The second kappa shape index (κ2) is 8.45. The van der Waals surface area contributed by atoms with Crippen LogP contribution in [0.3, 0.4) is 0 Å². The summed E-state index contributed by atoms with van der Waals surface area (Å²) < 4.78 is 16.4. The fraction of sp³-hybridized carbons (Fsp3) is 0.158. The van der Waals surface area contributed by atoms with Gasteiger partial charge in [-0.3, -0.25) is 0 Å². The molecule has 4 aromatic rings. The highest BCUT2D eigenvalue weighted by molar-refractivity contribution is 7.98. The zero-order chi connectivity index (χ0) is 19.3. The number of hydrogen-bond donors (Lipinski definition) is 0. The van der Waals surface area contributed by atoms with Gasteiger partial charge >= 0.3 is 0 Å². The van der Waals surface area contributed by atoms with Crippen molar-refractivity contribution in [3.05, 3.63) is 70.9 Å². The molecule has 0 saturated carbocycles. The minimum Gasteiger partial charge on any atom is -0.484 e. The molecule has 0 spiro atoms. The Hall–Kier alpha value is -2.84. The van der Waals surface area contributed by atoms with E-state index < -0.39 is 0 Å². The molecule has 2 aromatic heterocycles. The number of thioether (sulfide) groups is 1. The van der Waals surface area contributed by atoms with E-state index in [9.17, 15) is 0 Å². The van der Waals surface area contributed by atoms with Gasteiger partial charge in [0.05, 0.1) is 5.75 Å². The second-order valence-corrected chi connectivity index (χ2v) is 7.23. The maximum atomic E-state index is 5.84. The van der Waals surface area contributed by atoms with Gasteiger partial charge in [-0.05, 0) is 31.2 Å². The number of ether oxygens (including phenoxy) is 1. The van der Waals surface area contributed by atoms with Crippen LogP contribution in [0.2, 0.25) is 5.02 Å². The SMILES string of the molecule is Cc1ccc(-c2noc(CSc3nnc(COc4ccc(Cl)cc4)o3)n2)cc1. The van der Waals surface area contributed by atoms with Crippen molar-refractivity contribution in [3.63, 3.8) is 0 Å². The summed E-state index contributed by atoms with van der Waals surface area (Å²) in [6.07, 6.45) is 0. The quantitative estimate of drug-likeness (QED) is 0.392. The summed E-state index contributed by atoms with van der Waals surface area (Å²) >= 11 is 7.16. The van der Waals surface area contributed by atoms with E-state index in [0.717, 1.165) is 5.56 Å². The third-order valence-electron chi connectivity index (χ3n) is 3.72. The lowest BCUT2D eigenvalue weighted by atomic mass is 10.1.